The molecular weight excluding hydrogens is 204 g/mol. The monoisotopic (exact) mass is 228 g/mol. The maximum absolute atomic E-state index is 9.01. The van der Waals surface area contributed by atoms with Crippen molar-refractivity contribution in [1.29, 1.82) is 0 Å². The summed E-state index contributed by atoms with van der Waals surface area (Å²) in [6, 6.07) is 0. The van der Waals surface area contributed by atoms with E-state index >= 15 is 0 Å². The van der Waals surface area contributed by atoms with E-state index in [4.69, 9.17) is 9.53 Å². The Kier molecular flexibility index (Phi) is 5.58. The van der Waals surface area contributed by atoms with Crippen LogP contribution in [0, 0.1) is 11.8 Å². The number of hydrogen-bond acceptors (Lipinski definition) is 2. The van der Waals surface area contributed by atoms with Gasteiger partial charge in [-0.2, -0.15) is 0 Å². The molecule has 1 unspecified atom stereocenters. The van der Waals surface area contributed by atoms with Crippen LogP contribution in [0.5, 0.6) is 0 Å². The molecule has 1 N–H and O–H groups in total. The molecule has 15 heavy (non-hydrogen) atoms. The van der Waals surface area contributed by atoms with E-state index in [0.717, 1.165) is 0 Å². The van der Waals surface area contributed by atoms with Gasteiger partial charge < -0.3 is 9.53 Å². The van der Waals surface area contributed by atoms with Crippen LogP contribution in [0.15, 0.2) is 0 Å². The number of aliphatic hydroxyl groups is 1. The molecule has 0 saturated heterocycles. The SMILES string of the molecule is CC(O)CC#CCO[Si](C)(C)C(C)(C)C. The summed E-state index contributed by atoms with van der Waals surface area (Å²) in [7, 11) is -1.65. The summed E-state index contributed by atoms with van der Waals surface area (Å²) in [5.74, 6) is 5.85. The molecule has 0 aromatic rings. The van der Waals surface area contributed by atoms with E-state index < -0.39 is 8.32 Å². The molecule has 0 saturated carbocycles. The fraction of sp³-hybridized carbons (Fsp3) is 0.833. The van der Waals surface area contributed by atoms with Crippen LogP contribution >= 0.6 is 0 Å². The molecule has 88 valence electrons. The Hall–Kier alpha value is -0.303. The molecule has 0 aliphatic carbocycles. The smallest absolute Gasteiger partial charge is 0.193 e. The Morgan fingerprint density at radius 3 is 2.20 bits per heavy atom. The van der Waals surface area contributed by atoms with Crippen molar-refractivity contribution in [2.75, 3.05) is 6.61 Å². The van der Waals surface area contributed by atoms with Crippen molar-refractivity contribution >= 4 is 8.32 Å². The molecule has 0 spiro atoms. The van der Waals surface area contributed by atoms with E-state index in [0.29, 0.717) is 13.0 Å². The molecule has 3 heteroatoms. The van der Waals surface area contributed by atoms with Crippen LogP contribution in [0.1, 0.15) is 34.1 Å². The van der Waals surface area contributed by atoms with Crippen molar-refractivity contribution in [3.05, 3.63) is 0 Å². The molecule has 0 rings (SSSR count). The number of hydrogen-bond donors (Lipinski definition) is 1. The summed E-state index contributed by atoms with van der Waals surface area (Å²) in [6.45, 7) is 13.3. The molecule has 2 nitrogen and oxygen atoms in total. The van der Waals surface area contributed by atoms with E-state index in [-0.39, 0.29) is 11.1 Å². The van der Waals surface area contributed by atoms with E-state index in [2.05, 4.69) is 45.7 Å². The maximum Gasteiger partial charge on any atom is 0.193 e. The highest BCUT2D eigenvalue weighted by Crippen LogP contribution is 2.36. The Morgan fingerprint density at radius 1 is 1.27 bits per heavy atom. The van der Waals surface area contributed by atoms with Gasteiger partial charge in [0.25, 0.3) is 0 Å². The lowest BCUT2D eigenvalue weighted by Crippen LogP contribution is -2.40. The molecule has 0 aliphatic heterocycles. The Balaban J connectivity index is 3.99. The van der Waals surface area contributed by atoms with Gasteiger partial charge in [-0.05, 0) is 25.1 Å². The van der Waals surface area contributed by atoms with Gasteiger partial charge in [-0.15, -0.1) is 0 Å². The van der Waals surface area contributed by atoms with Crippen molar-refractivity contribution in [3.8, 4) is 11.8 Å². The van der Waals surface area contributed by atoms with Crippen LogP contribution < -0.4 is 0 Å². The average Bonchev–Trinajstić information content (AvgIpc) is 2.00. The molecular formula is C12H24O2Si. The van der Waals surface area contributed by atoms with Crippen molar-refractivity contribution in [1.82, 2.24) is 0 Å². The number of aliphatic hydroxyl groups excluding tert-OH is 1. The van der Waals surface area contributed by atoms with Crippen LogP contribution in [0.25, 0.3) is 0 Å². The third-order valence-electron chi connectivity index (χ3n) is 2.83. The average molecular weight is 228 g/mol. The van der Waals surface area contributed by atoms with E-state index in [1.54, 1.807) is 6.92 Å². The largest absolute Gasteiger partial charge is 0.406 e. The van der Waals surface area contributed by atoms with Gasteiger partial charge in [-0.1, -0.05) is 32.6 Å². The second-order valence-corrected chi connectivity index (χ2v) is 10.3. The predicted molar refractivity (Wildman–Crippen MR) is 67.2 cm³/mol. The van der Waals surface area contributed by atoms with E-state index in [1.807, 2.05) is 0 Å². The van der Waals surface area contributed by atoms with E-state index in [1.165, 1.54) is 0 Å². The van der Waals surface area contributed by atoms with Crippen LogP contribution in [0.4, 0.5) is 0 Å². The Labute approximate surface area is 95.2 Å². The second-order valence-electron chi connectivity index (χ2n) is 5.46. The van der Waals surface area contributed by atoms with Crippen LogP contribution in [-0.2, 0) is 4.43 Å². The predicted octanol–water partition coefficient (Wildman–Crippen LogP) is 2.78. The van der Waals surface area contributed by atoms with Gasteiger partial charge in [-0.3, -0.25) is 0 Å². The molecule has 0 aromatic carbocycles. The van der Waals surface area contributed by atoms with Gasteiger partial charge in [-0.25, -0.2) is 0 Å². The first kappa shape index (κ1) is 14.7. The van der Waals surface area contributed by atoms with Gasteiger partial charge in [0, 0.05) is 6.42 Å². The molecule has 1 atom stereocenters. The van der Waals surface area contributed by atoms with Crippen LogP contribution in [0.3, 0.4) is 0 Å². The van der Waals surface area contributed by atoms with Gasteiger partial charge >= 0.3 is 0 Å². The van der Waals surface area contributed by atoms with Crippen LogP contribution in [-0.4, -0.2) is 26.1 Å². The summed E-state index contributed by atoms with van der Waals surface area (Å²) >= 11 is 0. The third kappa shape index (κ3) is 5.98. The topological polar surface area (TPSA) is 29.5 Å². The zero-order chi connectivity index (χ0) is 12.1. The summed E-state index contributed by atoms with van der Waals surface area (Å²) < 4.78 is 5.86. The van der Waals surface area contributed by atoms with Gasteiger partial charge in [0.1, 0.15) is 0 Å². The first-order valence-corrected chi connectivity index (χ1v) is 8.35. The third-order valence-corrected chi connectivity index (χ3v) is 7.31. The summed E-state index contributed by atoms with van der Waals surface area (Å²) in [5, 5.41) is 9.24. The maximum atomic E-state index is 9.01. The summed E-state index contributed by atoms with van der Waals surface area (Å²) in [5.41, 5.74) is 0. The lowest BCUT2D eigenvalue weighted by atomic mass is 10.2. The van der Waals surface area contributed by atoms with Crippen molar-refractivity contribution in [3.63, 3.8) is 0 Å². The number of rotatable bonds is 3. The highest BCUT2D eigenvalue weighted by atomic mass is 28.4. The van der Waals surface area contributed by atoms with Crippen molar-refractivity contribution in [2.45, 2.75) is 58.4 Å². The molecule has 0 heterocycles. The molecule has 0 aliphatic rings. The Morgan fingerprint density at radius 2 is 1.80 bits per heavy atom. The second kappa shape index (κ2) is 5.69. The first-order valence-electron chi connectivity index (χ1n) is 5.44. The van der Waals surface area contributed by atoms with Gasteiger partial charge in [0.15, 0.2) is 8.32 Å². The highest BCUT2D eigenvalue weighted by molar-refractivity contribution is 6.74. The van der Waals surface area contributed by atoms with Crippen molar-refractivity contribution in [2.24, 2.45) is 0 Å². The minimum atomic E-state index is -1.65. The van der Waals surface area contributed by atoms with Gasteiger partial charge in [0.05, 0.1) is 12.7 Å². The molecule has 0 bridgehead atoms. The summed E-state index contributed by atoms with van der Waals surface area (Å²) in [6.07, 6.45) is 0.186. The lowest BCUT2D eigenvalue weighted by molar-refractivity contribution is 0.201. The van der Waals surface area contributed by atoms with E-state index in [9.17, 15) is 0 Å². The minimum absolute atomic E-state index is 0.235. The normalized spacial score (nSPS) is 14.3. The fourth-order valence-corrected chi connectivity index (χ4v) is 1.57. The first-order chi connectivity index (χ1) is 6.67. The summed E-state index contributed by atoms with van der Waals surface area (Å²) in [4.78, 5) is 0. The van der Waals surface area contributed by atoms with Gasteiger partial charge in [0.2, 0.25) is 0 Å². The van der Waals surface area contributed by atoms with Crippen LogP contribution in [0.2, 0.25) is 18.1 Å². The quantitative estimate of drug-likeness (QED) is 0.594. The van der Waals surface area contributed by atoms with Crippen molar-refractivity contribution < 1.29 is 9.53 Å². The molecule has 0 fully saturated rings. The fourth-order valence-electron chi connectivity index (χ4n) is 0.704. The molecule has 0 radical (unpaired) electrons. The zero-order valence-corrected chi connectivity index (χ0v) is 11.8. The zero-order valence-electron chi connectivity index (χ0n) is 10.8. The highest BCUT2D eigenvalue weighted by Gasteiger charge is 2.36. The lowest BCUT2D eigenvalue weighted by Gasteiger charge is -2.35. The molecule has 0 amide bonds. The Bertz CT molecular complexity index is 241. The minimum Gasteiger partial charge on any atom is -0.406 e. The molecule has 0 aromatic heterocycles. The standard InChI is InChI=1S/C12H24O2Si/c1-11(13)9-7-8-10-14-15(5,6)12(2,3)4/h11,13H,9-10H2,1-6H3.